The van der Waals surface area contributed by atoms with E-state index in [1.165, 1.54) is 0 Å². The lowest BCUT2D eigenvalue weighted by molar-refractivity contribution is -0.117. The summed E-state index contributed by atoms with van der Waals surface area (Å²) in [4.78, 5) is 10.8. The first-order valence-electron chi connectivity index (χ1n) is 5.56. The number of nitrogens with two attached hydrogens (primary N) is 1. The topological polar surface area (TPSA) is 71.8 Å². The monoisotopic (exact) mass is 229 g/mol. The van der Waals surface area contributed by atoms with Crippen LogP contribution in [0.25, 0.3) is 11.3 Å². The summed E-state index contributed by atoms with van der Waals surface area (Å²) < 4.78 is 0. The van der Waals surface area contributed by atoms with Crippen molar-refractivity contribution in [2.75, 3.05) is 0 Å². The third kappa shape index (κ3) is 2.53. The number of hydrogen-bond donors (Lipinski definition) is 2. The van der Waals surface area contributed by atoms with E-state index < -0.39 is 0 Å². The molecule has 0 saturated carbocycles. The number of hydrogen-bond acceptors (Lipinski definition) is 2. The van der Waals surface area contributed by atoms with E-state index >= 15 is 0 Å². The second-order valence-corrected chi connectivity index (χ2v) is 4.01. The number of primary amides is 1. The highest BCUT2D eigenvalue weighted by Crippen LogP contribution is 2.24. The lowest BCUT2D eigenvalue weighted by atomic mass is 10.0. The number of H-pyrrole nitrogens is 1. The summed E-state index contributed by atoms with van der Waals surface area (Å²) in [6, 6.07) is 9.91. The summed E-state index contributed by atoms with van der Waals surface area (Å²) in [6.45, 7) is 1.95. The molecule has 4 heteroatoms. The van der Waals surface area contributed by atoms with Crippen molar-refractivity contribution in [1.29, 1.82) is 0 Å². The first-order valence-corrected chi connectivity index (χ1v) is 5.56. The molecule has 0 aliphatic rings. The van der Waals surface area contributed by atoms with E-state index in [0.29, 0.717) is 12.8 Å². The Morgan fingerprint density at radius 3 is 2.71 bits per heavy atom. The summed E-state index contributed by atoms with van der Waals surface area (Å²) in [6.07, 6.45) is 0.974. The van der Waals surface area contributed by atoms with Crippen molar-refractivity contribution in [3.63, 3.8) is 0 Å². The van der Waals surface area contributed by atoms with E-state index in [-0.39, 0.29) is 5.91 Å². The minimum atomic E-state index is -0.287. The van der Waals surface area contributed by atoms with Gasteiger partial charge in [0.15, 0.2) is 0 Å². The number of rotatable bonds is 4. The predicted octanol–water partition coefficient (Wildman–Crippen LogP) is 1.80. The number of aromatic nitrogens is 2. The third-order valence-electron chi connectivity index (χ3n) is 2.74. The Balaban J connectivity index is 2.32. The molecule has 0 radical (unpaired) electrons. The fraction of sp³-hybridized carbons (Fsp3) is 0.231. The molecular weight excluding hydrogens is 214 g/mol. The number of nitrogens with zero attached hydrogens (tertiary/aromatic N) is 1. The zero-order valence-electron chi connectivity index (χ0n) is 9.73. The van der Waals surface area contributed by atoms with Crippen molar-refractivity contribution < 1.29 is 4.79 Å². The van der Waals surface area contributed by atoms with Crippen LogP contribution in [0.3, 0.4) is 0 Å². The molecule has 0 aliphatic heterocycles. The quantitative estimate of drug-likeness (QED) is 0.839. The number of benzene rings is 1. The van der Waals surface area contributed by atoms with Crippen LogP contribution in [0, 0.1) is 6.92 Å². The van der Waals surface area contributed by atoms with Gasteiger partial charge in [0.25, 0.3) is 0 Å². The van der Waals surface area contributed by atoms with Crippen molar-refractivity contribution in [3.05, 3.63) is 41.6 Å². The number of aromatic amines is 1. The zero-order chi connectivity index (χ0) is 12.3. The number of nitrogens with one attached hydrogen (secondary N) is 1. The summed E-state index contributed by atoms with van der Waals surface area (Å²) in [7, 11) is 0. The second-order valence-electron chi connectivity index (χ2n) is 4.01. The van der Waals surface area contributed by atoms with Crippen molar-refractivity contribution in [1.82, 2.24) is 10.2 Å². The normalized spacial score (nSPS) is 10.4. The molecule has 17 heavy (non-hydrogen) atoms. The number of carbonyl (C=O) groups excluding carboxylic acids is 1. The minimum absolute atomic E-state index is 0.287. The van der Waals surface area contributed by atoms with Gasteiger partial charge < -0.3 is 5.73 Å². The number of amides is 1. The molecule has 0 unspecified atom stereocenters. The molecular formula is C13H15N3O. The van der Waals surface area contributed by atoms with Crippen molar-refractivity contribution in [3.8, 4) is 11.3 Å². The van der Waals surface area contributed by atoms with E-state index in [1.54, 1.807) is 0 Å². The van der Waals surface area contributed by atoms with Crippen LogP contribution in [-0.4, -0.2) is 16.1 Å². The van der Waals surface area contributed by atoms with Crippen LogP contribution in [-0.2, 0) is 11.2 Å². The largest absolute Gasteiger partial charge is 0.370 e. The Hall–Kier alpha value is -2.10. The Morgan fingerprint density at radius 1 is 1.35 bits per heavy atom. The molecule has 1 aromatic heterocycles. The Kier molecular flexibility index (Phi) is 3.23. The molecule has 2 rings (SSSR count). The van der Waals surface area contributed by atoms with E-state index in [9.17, 15) is 4.79 Å². The molecule has 88 valence electrons. The molecule has 1 heterocycles. The fourth-order valence-electron chi connectivity index (χ4n) is 1.84. The number of carbonyl (C=O) groups is 1. The summed E-state index contributed by atoms with van der Waals surface area (Å²) in [5, 5.41) is 7.24. The predicted molar refractivity (Wildman–Crippen MR) is 66.3 cm³/mol. The standard InChI is InChI=1S/C13H15N3O/c1-9-11(7-8-12(14)17)13(16-15-9)10-5-3-2-4-6-10/h2-6H,7-8H2,1H3,(H2,14,17)(H,15,16). The van der Waals surface area contributed by atoms with Gasteiger partial charge in [0.1, 0.15) is 0 Å². The minimum Gasteiger partial charge on any atom is -0.370 e. The van der Waals surface area contributed by atoms with Crippen molar-refractivity contribution >= 4 is 5.91 Å². The molecule has 2 aromatic rings. The van der Waals surface area contributed by atoms with Gasteiger partial charge in [0.2, 0.25) is 5.91 Å². The molecule has 0 atom stereocenters. The molecule has 1 aromatic carbocycles. The summed E-state index contributed by atoms with van der Waals surface area (Å²) in [5.41, 5.74) is 9.19. The van der Waals surface area contributed by atoms with Crippen LogP contribution >= 0.6 is 0 Å². The fourth-order valence-corrected chi connectivity index (χ4v) is 1.84. The van der Waals surface area contributed by atoms with E-state index in [0.717, 1.165) is 22.5 Å². The van der Waals surface area contributed by atoms with E-state index in [4.69, 9.17) is 5.73 Å². The van der Waals surface area contributed by atoms with Crippen LogP contribution in [0.15, 0.2) is 30.3 Å². The average molecular weight is 229 g/mol. The summed E-state index contributed by atoms with van der Waals surface area (Å²) >= 11 is 0. The molecule has 0 bridgehead atoms. The summed E-state index contributed by atoms with van der Waals surface area (Å²) in [5.74, 6) is -0.287. The maximum atomic E-state index is 10.8. The van der Waals surface area contributed by atoms with E-state index in [2.05, 4.69) is 10.2 Å². The maximum absolute atomic E-state index is 10.8. The molecule has 3 N–H and O–H groups in total. The first kappa shape index (κ1) is 11.4. The van der Waals surface area contributed by atoms with Crippen LogP contribution < -0.4 is 5.73 Å². The molecule has 1 amide bonds. The zero-order valence-corrected chi connectivity index (χ0v) is 9.73. The highest BCUT2D eigenvalue weighted by Gasteiger charge is 2.12. The van der Waals surface area contributed by atoms with Crippen molar-refractivity contribution in [2.45, 2.75) is 19.8 Å². The molecule has 0 saturated heterocycles. The van der Waals surface area contributed by atoms with Crippen LogP contribution in [0.2, 0.25) is 0 Å². The van der Waals surface area contributed by atoms with Gasteiger partial charge in [-0.05, 0) is 13.3 Å². The second kappa shape index (κ2) is 4.82. The lowest BCUT2D eigenvalue weighted by Gasteiger charge is -2.02. The lowest BCUT2D eigenvalue weighted by Crippen LogP contribution is -2.11. The highest BCUT2D eigenvalue weighted by atomic mass is 16.1. The van der Waals surface area contributed by atoms with Gasteiger partial charge in [-0.3, -0.25) is 9.89 Å². The average Bonchev–Trinajstić information content (AvgIpc) is 2.69. The Labute approximate surface area is 99.8 Å². The van der Waals surface area contributed by atoms with Gasteiger partial charge in [0, 0.05) is 23.2 Å². The highest BCUT2D eigenvalue weighted by molar-refractivity contribution is 5.74. The van der Waals surface area contributed by atoms with Gasteiger partial charge in [0.05, 0.1) is 5.69 Å². The third-order valence-corrected chi connectivity index (χ3v) is 2.74. The Morgan fingerprint density at radius 2 is 2.06 bits per heavy atom. The van der Waals surface area contributed by atoms with Gasteiger partial charge in [-0.25, -0.2) is 0 Å². The van der Waals surface area contributed by atoms with Gasteiger partial charge >= 0.3 is 0 Å². The molecule has 4 nitrogen and oxygen atoms in total. The van der Waals surface area contributed by atoms with Crippen LogP contribution in [0.1, 0.15) is 17.7 Å². The van der Waals surface area contributed by atoms with Crippen molar-refractivity contribution in [2.24, 2.45) is 5.73 Å². The molecule has 0 spiro atoms. The number of aryl methyl sites for hydroxylation is 1. The Bertz CT molecular complexity index is 517. The SMILES string of the molecule is Cc1[nH]nc(-c2ccccc2)c1CCC(N)=O. The van der Waals surface area contributed by atoms with Crippen LogP contribution in [0.5, 0.6) is 0 Å². The molecule has 0 aliphatic carbocycles. The van der Waals surface area contributed by atoms with Crippen LogP contribution in [0.4, 0.5) is 0 Å². The maximum Gasteiger partial charge on any atom is 0.217 e. The van der Waals surface area contributed by atoms with Gasteiger partial charge in [-0.1, -0.05) is 30.3 Å². The van der Waals surface area contributed by atoms with Gasteiger partial charge in [-0.2, -0.15) is 5.10 Å². The first-order chi connectivity index (χ1) is 8.18. The smallest absolute Gasteiger partial charge is 0.217 e. The van der Waals surface area contributed by atoms with E-state index in [1.807, 2.05) is 37.3 Å². The van der Waals surface area contributed by atoms with Gasteiger partial charge in [-0.15, -0.1) is 0 Å². The molecule has 0 fully saturated rings.